The van der Waals surface area contributed by atoms with E-state index in [4.69, 9.17) is 11.6 Å². The van der Waals surface area contributed by atoms with E-state index in [2.05, 4.69) is 5.32 Å². The number of carbonyl (C=O) groups excluding carboxylic acids is 1. The van der Waals surface area contributed by atoms with Crippen molar-refractivity contribution in [3.63, 3.8) is 0 Å². The quantitative estimate of drug-likeness (QED) is 0.897. The fourth-order valence-electron chi connectivity index (χ4n) is 2.08. The van der Waals surface area contributed by atoms with Gasteiger partial charge in [0.1, 0.15) is 5.75 Å². The second-order valence-electron chi connectivity index (χ2n) is 4.92. The van der Waals surface area contributed by atoms with E-state index in [-0.39, 0.29) is 11.3 Å². The van der Waals surface area contributed by atoms with Gasteiger partial charge in [0.15, 0.2) is 0 Å². The van der Waals surface area contributed by atoms with Crippen molar-refractivity contribution < 1.29 is 14.1 Å². The summed E-state index contributed by atoms with van der Waals surface area (Å²) in [5.74, 6) is -0.164. The van der Waals surface area contributed by atoms with Crippen LogP contribution < -0.4 is 5.32 Å². The zero-order valence-corrected chi connectivity index (χ0v) is 13.8. The van der Waals surface area contributed by atoms with Gasteiger partial charge in [-0.3, -0.25) is 9.00 Å². The van der Waals surface area contributed by atoms with Crippen LogP contribution in [0.4, 0.5) is 5.69 Å². The van der Waals surface area contributed by atoms with Gasteiger partial charge in [-0.15, -0.1) is 0 Å². The van der Waals surface area contributed by atoms with Crippen molar-refractivity contribution in [2.24, 2.45) is 0 Å². The molecule has 0 saturated heterocycles. The Kier molecular flexibility index (Phi) is 5.21. The minimum Gasteiger partial charge on any atom is -0.507 e. The molecule has 0 spiro atoms. The molecular weight excluding hydrogens is 322 g/mol. The lowest BCUT2D eigenvalue weighted by Gasteiger charge is -2.12. The van der Waals surface area contributed by atoms with Gasteiger partial charge >= 0.3 is 0 Å². The van der Waals surface area contributed by atoms with Crippen LogP contribution >= 0.6 is 11.6 Å². The van der Waals surface area contributed by atoms with E-state index in [1.165, 1.54) is 12.1 Å². The summed E-state index contributed by atoms with van der Waals surface area (Å²) in [6.45, 7) is 1.86. The van der Waals surface area contributed by atoms with E-state index >= 15 is 0 Å². The monoisotopic (exact) mass is 337 g/mol. The van der Waals surface area contributed by atoms with Gasteiger partial charge < -0.3 is 10.4 Å². The Morgan fingerprint density at radius 1 is 1.32 bits per heavy atom. The van der Waals surface area contributed by atoms with Gasteiger partial charge in [0.2, 0.25) is 0 Å². The number of amides is 1. The van der Waals surface area contributed by atoms with Crippen LogP contribution in [0.5, 0.6) is 5.75 Å². The highest BCUT2D eigenvalue weighted by Crippen LogP contribution is 2.25. The molecule has 0 radical (unpaired) electrons. The van der Waals surface area contributed by atoms with Crippen LogP contribution in [0, 0.1) is 6.92 Å². The van der Waals surface area contributed by atoms with E-state index in [0.29, 0.717) is 16.5 Å². The summed E-state index contributed by atoms with van der Waals surface area (Å²) in [7, 11) is -0.957. The molecule has 6 heteroatoms. The summed E-state index contributed by atoms with van der Waals surface area (Å²) in [6.07, 6.45) is 1.64. The lowest BCUT2D eigenvalue weighted by molar-refractivity contribution is 0.102. The Labute approximate surface area is 136 Å². The van der Waals surface area contributed by atoms with Crippen LogP contribution in [0.1, 0.15) is 21.5 Å². The maximum absolute atomic E-state index is 12.3. The zero-order chi connectivity index (χ0) is 16.3. The Morgan fingerprint density at radius 2 is 2.05 bits per heavy atom. The SMILES string of the molecule is Cc1c(C[S@@](C)=O)cccc1NC(=O)c1ccc(Cl)cc1O. The maximum Gasteiger partial charge on any atom is 0.259 e. The molecule has 4 nitrogen and oxygen atoms in total. The van der Waals surface area contributed by atoms with Crippen molar-refractivity contribution in [1.29, 1.82) is 0 Å². The standard InChI is InChI=1S/C16H16ClNO3S/c1-10-11(9-22(2)21)4-3-5-14(10)18-16(20)13-7-6-12(17)8-15(13)19/h3-8,19H,9H2,1-2H3,(H,18,20)/t22-/m1/s1. The average Bonchev–Trinajstić information content (AvgIpc) is 2.42. The minimum absolute atomic E-state index is 0.147. The number of phenols is 1. The molecule has 0 bridgehead atoms. The lowest BCUT2D eigenvalue weighted by Crippen LogP contribution is -2.13. The zero-order valence-electron chi connectivity index (χ0n) is 12.2. The highest BCUT2D eigenvalue weighted by Gasteiger charge is 2.14. The van der Waals surface area contributed by atoms with Gasteiger partial charge in [0.05, 0.1) is 5.56 Å². The number of phenolic OH excluding ortho intramolecular Hbond substituents is 1. The third-order valence-corrected chi connectivity index (χ3v) is 4.21. The topological polar surface area (TPSA) is 66.4 Å². The lowest BCUT2D eigenvalue weighted by atomic mass is 10.1. The number of rotatable bonds is 4. The summed E-state index contributed by atoms with van der Waals surface area (Å²) in [6, 6.07) is 9.77. The highest BCUT2D eigenvalue weighted by atomic mass is 35.5. The van der Waals surface area contributed by atoms with Crippen LogP contribution in [0.2, 0.25) is 5.02 Å². The fourth-order valence-corrected chi connectivity index (χ4v) is 3.00. The van der Waals surface area contributed by atoms with E-state index in [1.54, 1.807) is 24.5 Å². The largest absolute Gasteiger partial charge is 0.507 e. The summed E-state index contributed by atoms with van der Waals surface area (Å²) in [5, 5.41) is 12.9. The Balaban J connectivity index is 2.27. The average molecular weight is 338 g/mol. The molecule has 2 N–H and O–H groups in total. The molecule has 116 valence electrons. The van der Waals surface area contributed by atoms with Crippen LogP contribution in [-0.2, 0) is 16.6 Å². The predicted octanol–water partition coefficient (Wildman–Crippen LogP) is 3.48. The second-order valence-corrected chi connectivity index (χ2v) is 6.79. The first-order chi connectivity index (χ1) is 10.4. The van der Waals surface area contributed by atoms with Gasteiger partial charge in [-0.2, -0.15) is 0 Å². The molecule has 0 aliphatic carbocycles. The molecule has 0 aliphatic heterocycles. The highest BCUT2D eigenvalue weighted by molar-refractivity contribution is 7.83. The van der Waals surface area contributed by atoms with Crippen molar-refractivity contribution >= 4 is 34.0 Å². The Hall–Kier alpha value is -1.85. The summed E-state index contributed by atoms with van der Waals surface area (Å²) < 4.78 is 11.4. The molecule has 1 atom stereocenters. The molecule has 2 rings (SSSR count). The first kappa shape index (κ1) is 16.5. The van der Waals surface area contributed by atoms with Crippen molar-refractivity contribution in [3.8, 4) is 5.75 Å². The molecule has 22 heavy (non-hydrogen) atoms. The number of nitrogens with one attached hydrogen (secondary N) is 1. The van der Waals surface area contributed by atoms with E-state index in [0.717, 1.165) is 11.1 Å². The molecule has 0 fully saturated rings. The number of carbonyl (C=O) groups is 1. The van der Waals surface area contributed by atoms with Crippen molar-refractivity contribution in [1.82, 2.24) is 0 Å². The smallest absolute Gasteiger partial charge is 0.259 e. The van der Waals surface area contributed by atoms with E-state index < -0.39 is 16.7 Å². The van der Waals surface area contributed by atoms with Crippen LogP contribution in [0.3, 0.4) is 0 Å². The van der Waals surface area contributed by atoms with Crippen molar-refractivity contribution in [2.45, 2.75) is 12.7 Å². The Bertz CT molecular complexity index is 746. The van der Waals surface area contributed by atoms with Gasteiger partial charge in [0, 0.05) is 33.5 Å². The van der Waals surface area contributed by atoms with E-state index in [1.807, 2.05) is 13.0 Å². The normalized spacial score (nSPS) is 12.0. The van der Waals surface area contributed by atoms with Gasteiger partial charge in [-0.1, -0.05) is 23.7 Å². The van der Waals surface area contributed by atoms with Crippen molar-refractivity contribution in [2.75, 3.05) is 11.6 Å². The van der Waals surface area contributed by atoms with E-state index in [9.17, 15) is 14.1 Å². The molecule has 0 aromatic heterocycles. The summed E-state index contributed by atoms with van der Waals surface area (Å²) in [5.41, 5.74) is 2.55. The third-order valence-electron chi connectivity index (χ3n) is 3.26. The van der Waals surface area contributed by atoms with Crippen LogP contribution in [0.25, 0.3) is 0 Å². The molecule has 0 unspecified atom stereocenters. The molecule has 0 aliphatic rings. The summed E-state index contributed by atoms with van der Waals surface area (Å²) >= 11 is 5.76. The number of hydrogen-bond acceptors (Lipinski definition) is 3. The third kappa shape index (κ3) is 3.87. The number of halogens is 1. The number of hydrogen-bond donors (Lipinski definition) is 2. The van der Waals surface area contributed by atoms with Crippen LogP contribution in [-0.4, -0.2) is 21.5 Å². The molecule has 0 saturated carbocycles. The first-order valence-electron chi connectivity index (χ1n) is 6.57. The predicted molar refractivity (Wildman–Crippen MR) is 90.0 cm³/mol. The van der Waals surface area contributed by atoms with Gasteiger partial charge in [0.25, 0.3) is 5.91 Å². The minimum atomic E-state index is -0.957. The van der Waals surface area contributed by atoms with Crippen LogP contribution in [0.15, 0.2) is 36.4 Å². The maximum atomic E-state index is 12.3. The Morgan fingerprint density at radius 3 is 2.68 bits per heavy atom. The number of aromatic hydroxyl groups is 1. The number of anilines is 1. The second kappa shape index (κ2) is 6.94. The molecule has 0 heterocycles. The fraction of sp³-hybridized carbons (Fsp3) is 0.188. The molecule has 2 aromatic carbocycles. The van der Waals surface area contributed by atoms with Gasteiger partial charge in [-0.05, 0) is 42.3 Å². The molecule has 2 aromatic rings. The van der Waals surface area contributed by atoms with Crippen molar-refractivity contribution in [3.05, 3.63) is 58.1 Å². The molecular formula is C16H16ClNO3S. The van der Waals surface area contributed by atoms with Gasteiger partial charge in [-0.25, -0.2) is 0 Å². The first-order valence-corrected chi connectivity index (χ1v) is 8.67. The summed E-state index contributed by atoms with van der Waals surface area (Å²) in [4.78, 5) is 12.3. The number of benzene rings is 2. The molecule has 1 amide bonds.